The molecule has 118 valence electrons. The van der Waals surface area contributed by atoms with Crippen molar-refractivity contribution in [2.24, 2.45) is 0 Å². The molecule has 0 aromatic rings. The van der Waals surface area contributed by atoms with Crippen molar-refractivity contribution >= 4 is 5.97 Å². The highest BCUT2D eigenvalue weighted by atomic mass is 16.4. The normalized spacial score (nSPS) is 11.2. The van der Waals surface area contributed by atoms with Gasteiger partial charge in [-0.2, -0.15) is 0 Å². The first kappa shape index (κ1) is 19.2. The average molecular weight is 281 g/mol. The molecule has 0 N–H and O–H groups in total. The highest BCUT2D eigenvalue weighted by Gasteiger charge is 1.92. The van der Waals surface area contributed by atoms with Crippen molar-refractivity contribution in [1.29, 1.82) is 0 Å². The second kappa shape index (κ2) is 16.3. The lowest BCUT2D eigenvalue weighted by molar-refractivity contribution is -0.305. The van der Waals surface area contributed by atoms with Crippen LogP contribution in [-0.2, 0) is 4.79 Å². The van der Waals surface area contributed by atoms with E-state index in [1.807, 2.05) is 0 Å². The van der Waals surface area contributed by atoms with Gasteiger partial charge >= 0.3 is 0 Å². The molecule has 0 fully saturated rings. The van der Waals surface area contributed by atoms with Gasteiger partial charge in [-0.15, -0.1) is 0 Å². The van der Waals surface area contributed by atoms with Gasteiger partial charge in [-0.05, 0) is 38.5 Å². The Bertz CT molecular complexity index is 234. The van der Waals surface area contributed by atoms with Crippen LogP contribution in [0.3, 0.4) is 0 Å². The number of carboxylic acid groups (broad SMARTS) is 1. The zero-order valence-corrected chi connectivity index (χ0v) is 13.4. The Labute approximate surface area is 125 Å². The fourth-order valence-electron chi connectivity index (χ4n) is 2.34. The molecule has 0 aliphatic carbocycles. The molecular formula is C18H33O2-. The summed E-state index contributed by atoms with van der Waals surface area (Å²) in [7, 11) is 0. The van der Waals surface area contributed by atoms with Gasteiger partial charge in [0.05, 0.1) is 0 Å². The molecule has 0 spiro atoms. The van der Waals surface area contributed by atoms with Gasteiger partial charge in [0.1, 0.15) is 0 Å². The smallest absolute Gasteiger partial charge is 0.0414 e. The van der Waals surface area contributed by atoms with Gasteiger partial charge in [-0.1, -0.05) is 70.4 Å². The molecule has 2 heteroatoms. The molecule has 0 unspecified atom stereocenters. The van der Waals surface area contributed by atoms with Crippen LogP contribution in [-0.4, -0.2) is 5.97 Å². The van der Waals surface area contributed by atoms with Crippen LogP contribution in [0.5, 0.6) is 0 Å². The van der Waals surface area contributed by atoms with Gasteiger partial charge in [0.15, 0.2) is 0 Å². The molecule has 0 radical (unpaired) electrons. The summed E-state index contributed by atoms with van der Waals surface area (Å²) in [6.45, 7) is 2.24. The lowest BCUT2D eigenvalue weighted by Crippen LogP contribution is -2.21. The number of carbonyl (C=O) groups excluding carboxylic acids is 1. The second-order valence-electron chi connectivity index (χ2n) is 5.71. The molecule has 0 rings (SSSR count). The number of aliphatic carboxylic acids is 1. The van der Waals surface area contributed by atoms with E-state index in [-0.39, 0.29) is 6.42 Å². The molecule has 0 atom stereocenters. The molecular weight excluding hydrogens is 248 g/mol. The van der Waals surface area contributed by atoms with Gasteiger partial charge in [-0.3, -0.25) is 0 Å². The fraction of sp³-hybridized carbons (Fsp3) is 0.833. The predicted molar refractivity (Wildman–Crippen MR) is 84.5 cm³/mol. The number of carboxylic acids is 1. The zero-order valence-electron chi connectivity index (χ0n) is 13.4. The largest absolute Gasteiger partial charge is 0.550 e. The van der Waals surface area contributed by atoms with E-state index >= 15 is 0 Å². The maximum absolute atomic E-state index is 10.2. The number of unbranched alkanes of at least 4 members (excludes halogenated alkanes) is 11. The Balaban J connectivity index is 3.04. The van der Waals surface area contributed by atoms with Crippen LogP contribution in [0.15, 0.2) is 12.2 Å². The van der Waals surface area contributed by atoms with Gasteiger partial charge in [0.2, 0.25) is 0 Å². The summed E-state index contributed by atoms with van der Waals surface area (Å²) in [5.41, 5.74) is 0. The van der Waals surface area contributed by atoms with Crippen molar-refractivity contribution in [1.82, 2.24) is 0 Å². The van der Waals surface area contributed by atoms with Gasteiger partial charge < -0.3 is 9.90 Å². The molecule has 0 bridgehead atoms. The third kappa shape index (κ3) is 17.2. The summed E-state index contributed by atoms with van der Waals surface area (Å²) in [6, 6.07) is 0. The van der Waals surface area contributed by atoms with Crippen molar-refractivity contribution in [3.63, 3.8) is 0 Å². The van der Waals surface area contributed by atoms with E-state index in [0.717, 1.165) is 12.8 Å². The van der Waals surface area contributed by atoms with E-state index in [4.69, 9.17) is 0 Å². The monoisotopic (exact) mass is 281 g/mol. The van der Waals surface area contributed by atoms with Crippen LogP contribution in [0, 0.1) is 0 Å². The first-order chi connectivity index (χ1) is 9.77. The summed E-state index contributed by atoms with van der Waals surface area (Å²) < 4.78 is 0. The molecule has 20 heavy (non-hydrogen) atoms. The van der Waals surface area contributed by atoms with Crippen molar-refractivity contribution in [2.45, 2.75) is 96.8 Å². The first-order valence-corrected chi connectivity index (χ1v) is 8.62. The lowest BCUT2D eigenvalue weighted by Gasteiger charge is -2.02. The van der Waals surface area contributed by atoms with E-state index in [1.165, 1.54) is 70.6 Å². The van der Waals surface area contributed by atoms with Gasteiger partial charge in [0, 0.05) is 5.97 Å². The van der Waals surface area contributed by atoms with E-state index in [9.17, 15) is 9.90 Å². The molecule has 0 aromatic carbocycles. The molecule has 0 heterocycles. The molecule has 0 saturated carbocycles. The number of hydrogen-bond acceptors (Lipinski definition) is 2. The molecule has 0 saturated heterocycles. The van der Waals surface area contributed by atoms with Crippen LogP contribution in [0.2, 0.25) is 0 Å². The number of hydrogen-bond donors (Lipinski definition) is 0. The Kier molecular flexibility index (Phi) is 15.6. The minimum absolute atomic E-state index is 0.227. The molecule has 0 aliphatic heterocycles. The summed E-state index contributed by atoms with van der Waals surface area (Å²) in [5.74, 6) is -0.909. The van der Waals surface area contributed by atoms with Crippen LogP contribution < -0.4 is 5.11 Å². The van der Waals surface area contributed by atoms with Crippen molar-refractivity contribution in [2.75, 3.05) is 0 Å². The van der Waals surface area contributed by atoms with E-state index in [1.54, 1.807) is 0 Å². The maximum Gasteiger partial charge on any atom is 0.0414 e. The Morgan fingerprint density at radius 1 is 0.750 bits per heavy atom. The second-order valence-corrected chi connectivity index (χ2v) is 5.71. The van der Waals surface area contributed by atoms with Crippen molar-refractivity contribution in [3.8, 4) is 0 Å². The van der Waals surface area contributed by atoms with Crippen LogP contribution in [0.1, 0.15) is 96.8 Å². The first-order valence-electron chi connectivity index (χ1n) is 8.62. The Morgan fingerprint density at radius 3 is 1.70 bits per heavy atom. The maximum atomic E-state index is 10.2. The fourth-order valence-corrected chi connectivity index (χ4v) is 2.34. The highest BCUT2D eigenvalue weighted by molar-refractivity contribution is 5.63. The molecule has 0 aliphatic rings. The van der Waals surface area contributed by atoms with Crippen LogP contribution in [0.4, 0.5) is 0 Å². The zero-order chi connectivity index (χ0) is 14.9. The summed E-state index contributed by atoms with van der Waals surface area (Å²) in [4.78, 5) is 10.2. The van der Waals surface area contributed by atoms with Gasteiger partial charge in [-0.25, -0.2) is 0 Å². The minimum Gasteiger partial charge on any atom is -0.550 e. The Hall–Kier alpha value is -0.790. The van der Waals surface area contributed by atoms with Crippen LogP contribution in [0.25, 0.3) is 0 Å². The van der Waals surface area contributed by atoms with Crippen LogP contribution >= 0.6 is 0 Å². The van der Waals surface area contributed by atoms with E-state index < -0.39 is 5.97 Å². The number of rotatable bonds is 15. The lowest BCUT2D eigenvalue weighted by atomic mass is 10.1. The predicted octanol–water partition coefficient (Wildman–Crippen LogP) is 4.77. The number of allylic oxidation sites excluding steroid dienone is 2. The van der Waals surface area contributed by atoms with E-state index in [2.05, 4.69) is 19.1 Å². The quantitative estimate of drug-likeness (QED) is 0.320. The molecule has 0 amide bonds. The minimum atomic E-state index is -0.909. The summed E-state index contributed by atoms with van der Waals surface area (Å²) >= 11 is 0. The van der Waals surface area contributed by atoms with Crippen molar-refractivity contribution in [3.05, 3.63) is 12.2 Å². The summed E-state index contributed by atoms with van der Waals surface area (Å²) in [6.07, 6.45) is 20.9. The average Bonchev–Trinajstić information content (AvgIpc) is 2.43. The highest BCUT2D eigenvalue weighted by Crippen LogP contribution is 2.11. The third-order valence-corrected chi connectivity index (χ3v) is 3.64. The topological polar surface area (TPSA) is 40.1 Å². The summed E-state index contributed by atoms with van der Waals surface area (Å²) in [5, 5.41) is 10.2. The van der Waals surface area contributed by atoms with Gasteiger partial charge in [0.25, 0.3) is 0 Å². The molecule has 2 nitrogen and oxygen atoms in total. The molecule has 0 aromatic heterocycles. The number of carbonyl (C=O) groups is 1. The van der Waals surface area contributed by atoms with E-state index in [0.29, 0.717) is 0 Å². The van der Waals surface area contributed by atoms with Crippen molar-refractivity contribution < 1.29 is 9.90 Å². The Morgan fingerprint density at radius 2 is 1.20 bits per heavy atom. The third-order valence-electron chi connectivity index (χ3n) is 3.64. The standard InChI is InChI=1S/C18H34O2/c1-2-3-4-5-6-7-8-9-10-11-12-13-14-15-16-17-18(19)20/h6-7H,2-5,8-17H2,1H3,(H,19,20)/p-1/b7-6+. The SMILES string of the molecule is CCCCC/C=C/CCCCCCCCCCC(=O)[O-].